The van der Waals surface area contributed by atoms with Crippen LogP contribution in [-0.2, 0) is 24.2 Å². The highest BCUT2D eigenvalue weighted by Gasteiger charge is 2.21. The van der Waals surface area contributed by atoms with E-state index < -0.39 is 5.82 Å². The first kappa shape index (κ1) is 22.0. The molecule has 0 unspecified atom stereocenters. The Morgan fingerprint density at radius 3 is 2.94 bits per heavy atom. The maximum absolute atomic E-state index is 13.3. The number of carbonyl (C=O) groups excluding carboxylic acids is 1. The minimum absolute atomic E-state index is 0.0356. The van der Waals surface area contributed by atoms with Crippen LogP contribution in [0.4, 0.5) is 10.1 Å². The molecule has 31 heavy (non-hydrogen) atoms. The molecule has 4 rings (SSSR count). The summed E-state index contributed by atoms with van der Waals surface area (Å²) in [5.74, 6) is -0.758. The second-order valence-electron chi connectivity index (χ2n) is 7.30. The molecule has 9 heteroatoms. The van der Waals surface area contributed by atoms with Crippen LogP contribution in [0.2, 0.25) is 5.02 Å². The molecule has 0 atom stereocenters. The van der Waals surface area contributed by atoms with Crippen LogP contribution in [0, 0.1) is 5.82 Å². The van der Waals surface area contributed by atoms with Crippen molar-refractivity contribution in [1.82, 2.24) is 9.55 Å². The van der Waals surface area contributed by atoms with Gasteiger partial charge in [-0.3, -0.25) is 14.2 Å². The molecule has 2 heterocycles. The van der Waals surface area contributed by atoms with Crippen LogP contribution in [0.25, 0.3) is 10.2 Å². The number of benzene rings is 1. The summed E-state index contributed by atoms with van der Waals surface area (Å²) >= 11 is 8.75. The van der Waals surface area contributed by atoms with Gasteiger partial charge in [-0.15, -0.1) is 17.9 Å². The number of anilines is 1. The summed E-state index contributed by atoms with van der Waals surface area (Å²) in [7, 11) is 0. The van der Waals surface area contributed by atoms with Crippen LogP contribution in [0.1, 0.15) is 29.7 Å². The number of nitrogens with one attached hydrogen (secondary N) is 1. The van der Waals surface area contributed by atoms with Gasteiger partial charge in [-0.2, -0.15) is 0 Å². The standard InChI is InChI=1S/C22H21ClFN3O2S2/c1-2-10-27-21(29)19-14-6-4-3-5-7-17(14)31-20(19)26-22(27)30-12-18(28)25-16-9-8-13(24)11-15(16)23/h2,8-9,11H,1,3-7,10,12H2,(H,25,28). The Morgan fingerprint density at radius 1 is 1.35 bits per heavy atom. The highest BCUT2D eigenvalue weighted by molar-refractivity contribution is 7.99. The fourth-order valence-corrected chi connectivity index (χ4v) is 6.03. The van der Waals surface area contributed by atoms with Crippen molar-refractivity contribution in [1.29, 1.82) is 0 Å². The first-order valence-electron chi connectivity index (χ1n) is 10.0. The molecular weight excluding hydrogens is 457 g/mol. The van der Waals surface area contributed by atoms with Crippen molar-refractivity contribution in [3.05, 3.63) is 62.5 Å². The first-order chi connectivity index (χ1) is 15.0. The maximum Gasteiger partial charge on any atom is 0.263 e. The molecule has 0 aliphatic heterocycles. The number of aromatic nitrogens is 2. The van der Waals surface area contributed by atoms with Crippen LogP contribution in [0.15, 0.2) is 40.8 Å². The Morgan fingerprint density at radius 2 is 2.16 bits per heavy atom. The largest absolute Gasteiger partial charge is 0.324 e. The fourth-order valence-electron chi connectivity index (χ4n) is 3.70. The number of thiophene rings is 1. The van der Waals surface area contributed by atoms with Gasteiger partial charge in [0.1, 0.15) is 10.6 Å². The molecule has 1 amide bonds. The molecule has 0 radical (unpaired) electrons. The average molecular weight is 478 g/mol. The van der Waals surface area contributed by atoms with E-state index in [9.17, 15) is 14.0 Å². The molecule has 1 aromatic carbocycles. The van der Waals surface area contributed by atoms with Gasteiger partial charge in [0.25, 0.3) is 5.56 Å². The van der Waals surface area contributed by atoms with Crippen molar-refractivity contribution in [2.24, 2.45) is 0 Å². The van der Waals surface area contributed by atoms with Gasteiger partial charge in [-0.25, -0.2) is 9.37 Å². The molecular formula is C22H21ClFN3O2S2. The van der Waals surface area contributed by atoms with Gasteiger partial charge < -0.3 is 5.32 Å². The lowest BCUT2D eigenvalue weighted by Crippen LogP contribution is -2.24. The minimum atomic E-state index is -0.474. The van der Waals surface area contributed by atoms with Gasteiger partial charge in [0.05, 0.1) is 21.8 Å². The molecule has 1 N–H and O–H groups in total. The summed E-state index contributed by atoms with van der Waals surface area (Å²) in [6.07, 6.45) is 6.95. The molecule has 0 bridgehead atoms. The zero-order valence-corrected chi connectivity index (χ0v) is 19.1. The lowest BCUT2D eigenvalue weighted by Gasteiger charge is -2.11. The normalized spacial score (nSPS) is 13.6. The number of rotatable bonds is 6. The number of hydrogen-bond acceptors (Lipinski definition) is 5. The molecule has 1 aliphatic carbocycles. The van der Waals surface area contributed by atoms with Crippen LogP contribution in [-0.4, -0.2) is 21.2 Å². The number of amides is 1. The SMILES string of the molecule is C=CCn1c(SCC(=O)Nc2ccc(F)cc2Cl)nc2sc3c(c2c1=O)CCCCC3. The predicted molar refractivity (Wildman–Crippen MR) is 126 cm³/mol. The number of hydrogen-bond donors (Lipinski definition) is 1. The number of aryl methyl sites for hydroxylation is 2. The van der Waals surface area contributed by atoms with Gasteiger partial charge in [0.2, 0.25) is 5.91 Å². The number of halogens is 2. The summed E-state index contributed by atoms with van der Waals surface area (Å²) in [5.41, 5.74) is 1.41. The Balaban J connectivity index is 1.60. The van der Waals surface area contributed by atoms with Crippen molar-refractivity contribution in [3.8, 4) is 0 Å². The highest BCUT2D eigenvalue weighted by atomic mass is 35.5. The maximum atomic E-state index is 13.3. The van der Waals surface area contributed by atoms with E-state index in [2.05, 4.69) is 11.9 Å². The van der Waals surface area contributed by atoms with Gasteiger partial charge in [0.15, 0.2) is 5.16 Å². The fraction of sp³-hybridized carbons (Fsp3) is 0.318. The number of nitrogens with zero attached hydrogens (tertiary/aromatic N) is 2. The molecule has 5 nitrogen and oxygen atoms in total. The zero-order chi connectivity index (χ0) is 22.0. The van der Waals surface area contributed by atoms with Crippen molar-refractivity contribution in [2.75, 3.05) is 11.1 Å². The molecule has 0 fully saturated rings. The quantitative estimate of drug-likeness (QED) is 0.222. The van der Waals surface area contributed by atoms with Crippen LogP contribution in [0.3, 0.4) is 0 Å². The summed E-state index contributed by atoms with van der Waals surface area (Å²) in [6, 6.07) is 3.78. The number of allylic oxidation sites excluding steroid dienone is 1. The lowest BCUT2D eigenvalue weighted by molar-refractivity contribution is -0.113. The van der Waals surface area contributed by atoms with Crippen molar-refractivity contribution >= 4 is 56.5 Å². The number of carbonyl (C=O) groups is 1. The van der Waals surface area contributed by atoms with E-state index in [-0.39, 0.29) is 22.2 Å². The smallest absolute Gasteiger partial charge is 0.263 e. The van der Waals surface area contributed by atoms with Gasteiger partial charge >= 0.3 is 0 Å². The first-order valence-corrected chi connectivity index (χ1v) is 12.2. The molecule has 1 aliphatic rings. The van der Waals surface area contributed by atoms with E-state index in [1.807, 2.05) is 0 Å². The van der Waals surface area contributed by atoms with Gasteiger partial charge in [0, 0.05) is 11.4 Å². The van der Waals surface area contributed by atoms with E-state index in [0.717, 1.165) is 47.5 Å². The lowest BCUT2D eigenvalue weighted by atomic mass is 10.1. The Labute approximate surface area is 192 Å². The third kappa shape index (κ3) is 4.71. The molecule has 3 aromatic rings. The van der Waals surface area contributed by atoms with Crippen molar-refractivity contribution < 1.29 is 9.18 Å². The second-order valence-corrected chi connectivity index (χ2v) is 9.74. The summed E-state index contributed by atoms with van der Waals surface area (Å²) in [6.45, 7) is 4.08. The van der Waals surface area contributed by atoms with Crippen molar-refractivity contribution in [3.63, 3.8) is 0 Å². The van der Waals surface area contributed by atoms with E-state index >= 15 is 0 Å². The van der Waals surface area contributed by atoms with E-state index in [1.165, 1.54) is 35.2 Å². The summed E-state index contributed by atoms with van der Waals surface area (Å²) in [5, 5.41) is 3.99. The third-order valence-corrected chi connectivity index (χ3v) is 7.61. The van der Waals surface area contributed by atoms with Crippen LogP contribution < -0.4 is 10.9 Å². The molecule has 162 valence electrons. The summed E-state index contributed by atoms with van der Waals surface area (Å²) in [4.78, 5) is 32.5. The Bertz CT molecular complexity index is 1220. The topological polar surface area (TPSA) is 64.0 Å². The van der Waals surface area contributed by atoms with Crippen LogP contribution >= 0.6 is 34.7 Å². The second kappa shape index (κ2) is 9.54. The number of thioether (sulfide) groups is 1. The predicted octanol–water partition coefficient (Wildman–Crippen LogP) is 5.44. The third-order valence-electron chi connectivity index (χ3n) is 5.14. The van der Waals surface area contributed by atoms with E-state index in [1.54, 1.807) is 22.0 Å². The van der Waals surface area contributed by atoms with Gasteiger partial charge in [-0.1, -0.05) is 35.9 Å². The Hall–Kier alpha value is -2.16. The zero-order valence-electron chi connectivity index (χ0n) is 16.7. The molecule has 0 saturated heterocycles. The minimum Gasteiger partial charge on any atom is -0.324 e. The van der Waals surface area contributed by atoms with E-state index in [0.29, 0.717) is 17.4 Å². The summed E-state index contributed by atoms with van der Waals surface area (Å²) < 4.78 is 14.8. The number of fused-ring (bicyclic) bond motifs is 3. The van der Waals surface area contributed by atoms with Crippen molar-refractivity contribution in [2.45, 2.75) is 43.8 Å². The Kier molecular flexibility index (Phi) is 6.79. The van der Waals surface area contributed by atoms with Gasteiger partial charge in [-0.05, 0) is 49.4 Å². The monoisotopic (exact) mass is 477 g/mol. The average Bonchev–Trinajstić information content (AvgIpc) is 2.92. The molecule has 0 saturated carbocycles. The highest BCUT2D eigenvalue weighted by Crippen LogP contribution is 2.34. The van der Waals surface area contributed by atoms with Crippen LogP contribution in [0.5, 0.6) is 0 Å². The molecule has 2 aromatic heterocycles. The molecule has 0 spiro atoms. The van der Waals surface area contributed by atoms with E-state index in [4.69, 9.17) is 16.6 Å².